The van der Waals surface area contributed by atoms with Crippen LogP contribution in [0.15, 0.2) is 0 Å². The van der Waals surface area contributed by atoms with Crippen LogP contribution in [0.1, 0.15) is 99.3 Å². The molecule has 2 spiro atoms. The first kappa shape index (κ1) is 32.2. The fraction of sp³-hybridized carbons (Fsp3) is 1.00. The summed E-state index contributed by atoms with van der Waals surface area (Å²) in [5.74, 6) is 1.80. The topological polar surface area (TPSA) is 112 Å². The van der Waals surface area contributed by atoms with Gasteiger partial charge < -0.3 is 34.6 Å². The van der Waals surface area contributed by atoms with Crippen LogP contribution in [0.2, 0.25) is 0 Å². The van der Waals surface area contributed by atoms with E-state index >= 15 is 0 Å². The number of morpholine rings is 1. The lowest BCUT2D eigenvalue weighted by Gasteiger charge is -2.60. The van der Waals surface area contributed by atoms with Gasteiger partial charge in [0.25, 0.3) is 0 Å². The molecule has 7 aliphatic rings. The lowest BCUT2D eigenvalue weighted by atomic mass is 9.46. The summed E-state index contributed by atoms with van der Waals surface area (Å²) in [5.41, 5.74) is -0.638. The maximum atomic E-state index is 11.7. The Balaban J connectivity index is 1.06. The van der Waals surface area contributed by atoms with E-state index in [2.05, 4.69) is 32.6 Å². The summed E-state index contributed by atoms with van der Waals surface area (Å²) in [6, 6.07) is 0.510. The normalized spacial score (nSPS) is 51.0. The van der Waals surface area contributed by atoms with E-state index in [-0.39, 0.29) is 40.5 Å². The Morgan fingerprint density at radius 3 is 2.43 bits per heavy atom. The molecule has 2 heterocycles. The standard InChI is InChI=1S/C36H61NO7/c1-21-35-15-14-34(6)24(8-7-9-26(38)33(4,5)41)30(39)31(40)29(34)23(35)10-11-25-32(2,3)27(12-13-36(21,25)35)44-28-18-37(16-17-43-28)22-19-42-20-22/h21-31,38-41H,7-20H2,1-6H3/t21-,23-,24?,25?,26-,27-,28?,29?,30-,31?,34+,35-,36?/m0/s1. The number of ether oxygens (including phenoxy) is 3. The predicted octanol–water partition coefficient (Wildman–Crippen LogP) is 3.97. The quantitative estimate of drug-likeness (QED) is 0.323. The number of hydrogen-bond donors (Lipinski definition) is 4. The third-order valence-electron chi connectivity index (χ3n) is 15.5. The Bertz CT molecular complexity index is 1080. The molecule has 0 radical (unpaired) electrons. The Morgan fingerprint density at radius 2 is 1.75 bits per heavy atom. The third kappa shape index (κ3) is 4.44. The predicted molar refractivity (Wildman–Crippen MR) is 167 cm³/mol. The van der Waals surface area contributed by atoms with Crippen LogP contribution in [0.5, 0.6) is 0 Å². The average molecular weight is 620 g/mol. The van der Waals surface area contributed by atoms with E-state index in [1.54, 1.807) is 13.8 Å². The van der Waals surface area contributed by atoms with Gasteiger partial charge in [-0.25, -0.2) is 0 Å². The van der Waals surface area contributed by atoms with E-state index in [4.69, 9.17) is 14.2 Å². The molecule has 5 saturated carbocycles. The number of aliphatic hydroxyl groups excluding tert-OH is 3. The first-order valence-corrected chi connectivity index (χ1v) is 18.0. The van der Waals surface area contributed by atoms with Crippen molar-refractivity contribution in [3.8, 4) is 0 Å². The van der Waals surface area contributed by atoms with Crippen LogP contribution in [0.3, 0.4) is 0 Å². The molecule has 6 unspecified atom stereocenters. The molecular weight excluding hydrogens is 558 g/mol. The summed E-state index contributed by atoms with van der Waals surface area (Å²) in [4.78, 5) is 2.49. The van der Waals surface area contributed by atoms with Gasteiger partial charge in [-0.15, -0.1) is 0 Å². The molecular formula is C36H61NO7. The van der Waals surface area contributed by atoms with Crippen molar-refractivity contribution in [2.24, 2.45) is 51.2 Å². The lowest BCUT2D eigenvalue weighted by molar-refractivity contribution is -0.254. The van der Waals surface area contributed by atoms with Crippen molar-refractivity contribution in [2.75, 3.05) is 32.9 Å². The number of rotatable bonds is 8. The van der Waals surface area contributed by atoms with Gasteiger partial charge in [-0.2, -0.15) is 0 Å². The first-order valence-electron chi connectivity index (χ1n) is 18.0. The second-order valence-electron chi connectivity index (χ2n) is 17.7. The number of hydrogen-bond acceptors (Lipinski definition) is 8. The van der Waals surface area contributed by atoms with E-state index in [0.29, 0.717) is 35.6 Å². The minimum Gasteiger partial charge on any atom is -0.390 e. The Hall–Kier alpha value is -0.320. The fourth-order valence-corrected chi connectivity index (χ4v) is 13.1. The number of nitrogens with zero attached hydrogens (tertiary/aromatic N) is 1. The van der Waals surface area contributed by atoms with E-state index in [9.17, 15) is 20.4 Å². The molecule has 2 aliphatic heterocycles. The largest absolute Gasteiger partial charge is 0.390 e. The van der Waals surface area contributed by atoms with Gasteiger partial charge in [-0.05, 0) is 116 Å². The maximum Gasteiger partial charge on any atom is 0.170 e. The van der Waals surface area contributed by atoms with Crippen molar-refractivity contribution in [2.45, 2.75) is 142 Å². The van der Waals surface area contributed by atoms with Gasteiger partial charge in [0.05, 0.1) is 62.4 Å². The summed E-state index contributed by atoms with van der Waals surface area (Å²) >= 11 is 0. The van der Waals surface area contributed by atoms with Gasteiger partial charge in [0, 0.05) is 6.54 Å². The molecule has 0 aromatic heterocycles. The molecule has 8 heteroatoms. The van der Waals surface area contributed by atoms with Crippen molar-refractivity contribution in [1.82, 2.24) is 4.90 Å². The molecule has 13 atom stereocenters. The molecule has 5 aliphatic carbocycles. The molecule has 8 nitrogen and oxygen atoms in total. The summed E-state index contributed by atoms with van der Waals surface area (Å²) in [6.45, 7) is 17.2. The van der Waals surface area contributed by atoms with E-state index in [1.165, 1.54) is 19.3 Å². The SMILES string of the molecule is C[C@@H]1C23CC[C@H](OC4CN(C5COC5)CCO4)C(C)(C)C2CC[C@H]2C4C(O)[C@@H](O)C(CCC[C@H](O)C(C)(C)O)[C@@]4(C)CC[C@]123. The van der Waals surface area contributed by atoms with Gasteiger partial charge in [0.15, 0.2) is 6.29 Å². The highest BCUT2D eigenvalue weighted by Crippen LogP contribution is 2.89. The van der Waals surface area contributed by atoms with Crippen LogP contribution in [0.25, 0.3) is 0 Å². The second kappa shape index (κ2) is 10.8. The highest BCUT2D eigenvalue weighted by atomic mass is 16.7. The molecule has 44 heavy (non-hydrogen) atoms. The minimum atomic E-state index is -1.13. The fourth-order valence-electron chi connectivity index (χ4n) is 13.1. The van der Waals surface area contributed by atoms with Gasteiger partial charge in [-0.1, -0.05) is 34.1 Å². The van der Waals surface area contributed by atoms with Crippen molar-refractivity contribution >= 4 is 0 Å². The summed E-state index contributed by atoms with van der Waals surface area (Å²) in [7, 11) is 0. The molecule has 2 saturated heterocycles. The van der Waals surface area contributed by atoms with Crippen molar-refractivity contribution in [3.05, 3.63) is 0 Å². The smallest absolute Gasteiger partial charge is 0.170 e. The molecule has 4 N–H and O–H groups in total. The highest BCUT2D eigenvalue weighted by molar-refractivity contribution is 5.32. The van der Waals surface area contributed by atoms with E-state index < -0.39 is 23.9 Å². The summed E-state index contributed by atoms with van der Waals surface area (Å²) in [6.07, 6.45) is 6.64. The zero-order valence-corrected chi connectivity index (χ0v) is 28.2. The van der Waals surface area contributed by atoms with Gasteiger partial charge >= 0.3 is 0 Å². The Labute approximate surface area is 265 Å². The zero-order chi connectivity index (χ0) is 31.4. The zero-order valence-electron chi connectivity index (χ0n) is 28.2. The second-order valence-corrected chi connectivity index (χ2v) is 17.7. The monoisotopic (exact) mass is 619 g/mol. The molecule has 7 rings (SSSR count). The highest BCUT2D eigenvalue weighted by Gasteiger charge is 2.85. The van der Waals surface area contributed by atoms with Crippen molar-refractivity contribution < 1.29 is 34.6 Å². The van der Waals surface area contributed by atoms with Crippen LogP contribution in [0.4, 0.5) is 0 Å². The maximum absolute atomic E-state index is 11.7. The average Bonchev–Trinajstić information content (AvgIpc) is 3.39. The molecule has 7 fully saturated rings. The van der Waals surface area contributed by atoms with Crippen molar-refractivity contribution in [3.63, 3.8) is 0 Å². The van der Waals surface area contributed by atoms with Gasteiger partial charge in [-0.3, -0.25) is 4.90 Å². The molecule has 0 bridgehead atoms. The third-order valence-corrected chi connectivity index (χ3v) is 15.5. The van der Waals surface area contributed by atoms with Gasteiger partial charge in [0.1, 0.15) is 0 Å². The molecule has 0 aromatic rings. The van der Waals surface area contributed by atoms with Crippen LogP contribution >= 0.6 is 0 Å². The van der Waals surface area contributed by atoms with Crippen LogP contribution < -0.4 is 0 Å². The molecule has 0 aromatic carbocycles. The van der Waals surface area contributed by atoms with E-state index in [1.807, 2.05) is 0 Å². The van der Waals surface area contributed by atoms with Crippen molar-refractivity contribution in [1.29, 1.82) is 0 Å². The molecule has 252 valence electrons. The first-order chi connectivity index (χ1) is 20.7. The van der Waals surface area contributed by atoms with Gasteiger partial charge in [0.2, 0.25) is 0 Å². The Morgan fingerprint density at radius 1 is 1.00 bits per heavy atom. The summed E-state index contributed by atoms with van der Waals surface area (Å²) in [5, 5.41) is 43.9. The number of fused-ring (bicyclic) bond motifs is 2. The Kier molecular flexibility index (Phi) is 7.95. The lowest BCUT2D eigenvalue weighted by Crippen LogP contribution is -2.58. The van der Waals surface area contributed by atoms with E-state index in [0.717, 1.165) is 65.0 Å². The van der Waals surface area contributed by atoms with Crippen LogP contribution in [-0.4, -0.2) is 101 Å². The molecule has 0 amide bonds. The minimum absolute atomic E-state index is 0.0266. The summed E-state index contributed by atoms with van der Waals surface area (Å²) < 4.78 is 18.5. The van der Waals surface area contributed by atoms with Crippen LogP contribution in [-0.2, 0) is 14.2 Å². The van der Waals surface area contributed by atoms with Crippen LogP contribution in [0, 0.1) is 51.2 Å². The number of aliphatic hydroxyl groups is 4.